The quantitative estimate of drug-likeness (QED) is 0.777. The minimum absolute atomic E-state index is 0.00530. The molecule has 1 fully saturated rings. The van der Waals surface area contributed by atoms with Gasteiger partial charge in [0.25, 0.3) is 0 Å². The van der Waals surface area contributed by atoms with Crippen molar-refractivity contribution in [1.29, 1.82) is 0 Å². The minimum atomic E-state index is -3.47. The average molecular weight is 337 g/mol. The standard InChI is InChI=1S/C17H26BF2N3O/c1-4-12(2)21-11-13-9-15(17(18,19)20)22-16(10-13)24-14-5-7-23(3)8-6-14/h9-10,12,14,21H,4-8,11H2,1-3H3. The minimum Gasteiger partial charge on any atom is -0.474 e. The summed E-state index contributed by atoms with van der Waals surface area (Å²) in [7, 11) is 7.01. The van der Waals surface area contributed by atoms with Crippen LogP contribution < -0.4 is 10.1 Å². The number of hydrogen-bond acceptors (Lipinski definition) is 4. The van der Waals surface area contributed by atoms with Gasteiger partial charge >= 0.3 is 0 Å². The van der Waals surface area contributed by atoms with Crippen molar-refractivity contribution in [1.82, 2.24) is 15.2 Å². The van der Waals surface area contributed by atoms with Crippen LogP contribution in [0.2, 0.25) is 0 Å². The first-order valence-corrected chi connectivity index (χ1v) is 8.54. The third-order valence-electron chi connectivity index (χ3n) is 4.42. The molecule has 4 nitrogen and oxygen atoms in total. The molecule has 1 saturated heterocycles. The molecule has 132 valence electrons. The van der Waals surface area contributed by atoms with Crippen LogP contribution in [-0.2, 0) is 12.4 Å². The Kier molecular flexibility index (Phi) is 6.58. The van der Waals surface area contributed by atoms with Crippen LogP contribution in [0.25, 0.3) is 0 Å². The van der Waals surface area contributed by atoms with Crippen molar-refractivity contribution in [3.63, 3.8) is 0 Å². The second kappa shape index (κ2) is 8.25. The number of aromatic nitrogens is 1. The van der Waals surface area contributed by atoms with Gasteiger partial charge < -0.3 is 15.0 Å². The van der Waals surface area contributed by atoms with E-state index in [0.29, 0.717) is 18.2 Å². The Bertz CT molecular complexity index is 531. The van der Waals surface area contributed by atoms with Gasteiger partial charge in [0.2, 0.25) is 11.7 Å². The maximum atomic E-state index is 13.5. The zero-order chi connectivity index (χ0) is 17.7. The van der Waals surface area contributed by atoms with Crippen molar-refractivity contribution >= 4 is 7.85 Å². The Morgan fingerprint density at radius 2 is 2.08 bits per heavy atom. The summed E-state index contributed by atoms with van der Waals surface area (Å²) in [6, 6.07) is 3.37. The largest absolute Gasteiger partial charge is 0.474 e. The number of halogens is 2. The number of pyridine rings is 1. The van der Waals surface area contributed by atoms with Crippen molar-refractivity contribution in [2.24, 2.45) is 0 Å². The second-order valence-corrected chi connectivity index (χ2v) is 6.63. The molecule has 1 aliphatic rings. The lowest BCUT2D eigenvalue weighted by atomic mass is 9.94. The number of likely N-dealkylation sites (tertiary alicyclic amines) is 1. The summed E-state index contributed by atoms with van der Waals surface area (Å²) in [5, 5.41) is 3.29. The van der Waals surface area contributed by atoms with Gasteiger partial charge in [0.05, 0.1) is 0 Å². The predicted octanol–water partition coefficient (Wildman–Crippen LogP) is 2.66. The van der Waals surface area contributed by atoms with Gasteiger partial charge in [-0.05, 0) is 44.9 Å². The molecule has 1 unspecified atom stereocenters. The fourth-order valence-electron chi connectivity index (χ4n) is 2.60. The molecule has 2 rings (SSSR count). The molecule has 0 aromatic carbocycles. The van der Waals surface area contributed by atoms with Gasteiger partial charge in [0.1, 0.15) is 11.8 Å². The van der Waals surface area contributed by atoms with E-state index >= 15 is 0 Å². The van der Waals surface area contributed by atoms with E-state index in [0.717, 1.165) is 32.4 Å². The highest BCUT2D eigenvalue weighted by atomic mass is 19.3. The first-order valence-electron chi connectivity index (χ1n) is 8.54. The Morgan fingerprint density at radius 1 is 1.42 bits per heavy atom. The van der Waals surface area contributed by atoms with E-state index in [1.807, 2.05) is 0 Å². The molecular weight excluding hydrogens is 311 g/mol. The number of piperidine rings is 1. The summed E-state index contributed by atoms with van der Waals surface area (Å²) in [4.78, 5) is 6.15. The molecule has 0 amide bonds. The van der Waals surface area contributed by atoms with Crippen molar-refractivity contribution in [3.8, 4) is 5.88 Å². The lowest BCUT2D eigenvalue weighted by Gasteiger charge is -2.29. The Morgan fingerprint density at radius 3 is 2.67 bits per heavy atom. The van der Waals surface area contributed by atoms with Gasteiger partial charge in [-0.1, -0.05) is 6.92 Å². The van der Waals surface area contributed by atoms with Crippen molar-refractivity contribution in [2.45, 2.75) is 57.6 Å². The average Bonchev–Trinajstić information content (AvgIpc) is 2.54. The van der Waals surface area contributed by atoms with Crippen LogP contribution in [0.4, 0.5) is 8.78 Å². The number of alkyl halides is 2. The van der Waals surface area contributed by atoms with Gasteiger partial charge in [0, 0.05) is 31.7 Å². The molecule has 1 N–H and O–H groups in total. The molecule has 2 radical (unpaired) electrons. The molecule has 1 aromatic rings. The van der Waals surface area contributed by atoms with Gasteiger partial charge in [-0.25, -0.2) is 13.8 Å². The number of nitrogens with zero attached hydrogens (tertiary/aromatic N) is 2. The maximum Gasteiger partial charge on any atom is 0.240 e. The van der Waals surface area contributed by atoms with Gasteiger partial charge in [-0.2, -0.15) is 0 Å². The van der Waals surface area contributed by atoms with E-state index in [4.69, 9.17) is 12.6 Å². The fraction of sp³-hybridized carbons (Fsp3) is 0.706. The molecule has 1 atom stereocenters. The summed E-state index contributed by atoms with van der Waals surface area (Å²) in [5.41, 5.74) is 0.252. The van der Waals surface area contributed by atoms with E-state index in [2.05, 4.69) is 36.1 Å². The van der Waals surface area contributed by atoms with E-state index in [1.54, 1.807) is 6.07 Å². The molecule has 1 aromatic heterocycles. The number of rotatable bonds is 7. The number of ether oxygens (including phenoxy) is 1. The molecular formula is C17H26BF2N3O. The van der Waals surface area contributed by atoms with Crippen LogP contribution in [0.15, 0.2) is 12.1 Å². The van der Waals surface area contributed by atoms with E-state index in [1.165, 1.54) is 6.07 Å². The first kappa shape index (κ1) is 19.1. The fourth-order valence-corrected chi connectivity index (χ4v) is 2.60. The molecule has 7 heteroatoms. The van der Waals surface area contributed by atoms with Crippen LogP contribution in [0.1, 0.15) is 44.4 Å². The normalized spacial score (nSPS) is 18.5. The molecule has 1 aliphatic heterocycles. The Balaban J connectivity index is 2.13. The number of hydrogen-bond donors (Lipinski definition) is 1. The second-order valence-electron chi connectivity index (χ2n) is 6.63. The third-order valence-corrected chi connectivity index (χ3v) is 4.42. The summed E-state index contributed by atoms with van der Waals surface area (Å²) < 4.78 is 32.9. The van der Waals surface area contributed by atoms with Crippen LogP contribution in [0.3, 0.4) is 0 Å². The number of nitrogens with one attached hydrogen (secondary N) is 1. The van der Waals surface area contributed by atoms with Gasteiger partial charge in [-0.3, -0.25) is 0 Å². The summed E-state index contributed by atoms with van der Waals surface area (Å²) in [6.45, 7) is 6.46. The maximum absolute atomic E-state index is 13.5. The topological polar surface area (TPSA) is 37.4 Å². The van der Waals surface area contributed by atoms with Gasteiger partial charge in [0.15, 0.2) is 7.85 Å². The van der Waals surface area contributed by atoms with Gasteiger partial charge in [-0.15, -0.1) is 0 Å². The molecule has 0 bridgehead atoms. The van der Waals surface area contributed by atoms with Crippen LogP contribution in [0.5, 0.6) is 5.88 Å². The molecule has 0 spiro atoms. The zero-order valence-electron chi connectivity index (χ0n) is 14.7. The van der Waals surface area contributed by atoms with Crippen molar-refractivity contribution in [3.05, 3.63) is 23.4 Å². The third kappa shape index (κ3) is 5.70. The summed E-state index contributed by atoms with van der Waals surface area (Å²) in [5.74, 6) is -3.25. The van der Waals surface area contributed by atoms with Crippen LogP contribution in [0, 0.1) is 0 Å². The van der Waals surface area contributed by atoms with Crippen LogP contribution in [-0.4, -0.2) is 50.0 Å². The van der Waals surface area contributed by atoms with E-state index < -0.39 is 11.5 Å². The first-order chi connectivity index (χ1) is 11.3. The highest BCUT2D eigenvalue weighted by molar-refractivity contribution is 6.13. The highest BCUT2D eigenvalue weighted by Gasteiger charge is 2.27. The Labute approximate surface area is 144 Å². The van der Waals surface area contributed by atoms with Crippen molar-refractivity contribution in [2.75, 3.05) is 20.1 Å². The molecule has 24 heavy (non-hydrogen) atoms. The molecule has 0 saturated carbocycles. The molecule has 2 heterocycles. The van der Waals surface area contributed by atoms with E-state index in [-0.39, 0.29) is 12.0 Å². The predicted molar refractivity (Wildman–Crippen MR) is 91.6 cm³/mol. The lowest BCUT2D eigenvalue weighted by molar-refractivity contribution is 0.0833. The summed E-state index contributed by atoms with van der Waals surface area (Å²) in [6.07, 6.45) is 2.69. The lowest BCUT2D eigenvalue weighted by Crippen LogP contribution is -2.36. The monoisotopic (exact) mass is 337 g/mol. The van der Waals surface area contributed by atoms with Crippen LogP contribution >= 0.6 is 0 Å². The zero-order valence-corrected chi connectivity index (χ0v) is 14.7. The molecule has 0 aliphatic carbocycles. The smallest absolute Gasteiger partial charge is 0.240 e. The van der Waals surface area contributed by atoms with Crippen molar-refractivity contribution < 1.29 is 13.5 Å². The highest BCUT2D eigenvalue weighted by Crippen LogP contribution is 2.27. The SMILES string of the molecule is [B]C(F)(F)c1cc(CNC(C)CC)cc(OC2CCN(C)CC2)n1. The summed E-state index contributed by atoms with van der Waals surface area (Å²) >= 11 is 0. The Hall–Kier alpha value is -1.21. The van der Waals surface area contributed by atoms with E-state index in [9.17, 15) is 8.78 Å².